The SMILES string of the molecule is C=C1C(NC(C)C)Nc2ccccc2C1(CC)C(C)C. The molecule has 1 aromatic rings. The summed E-state index contributed by atoms with van der Waals surface area (Å²) in [7, 11) is 0. The van der Waals surface area contributed by atoms with Gasteiger partial charge in [0, 0.05) is 17.1 Å². The summed E-state index contributed by atoms with van der Waals surface area (Å²) in [6, 6.07) is 9.10. The van der Waals surface area contributed by atoms with E-state index in [0.29, 0.717) is 12.0 Å². The van der Waals surface area contributed by atoms with Gasteiger partial charge >= 0.3 is 0 Å². The maximum atomic E-state index is 4.47. The number of anilines is 1. The van der Waals surface area contributed by atoms with Crippen LogP contribution < -0.4 is 10.6 Å². The minimum atomic E-state index is 0.0500. The molecule has 1 heterocycles. The number of fused-ring (bicyclic) bond motifs is 1. The molecule has 0 amide bonds. The molecule has 2 unspecified atom stereocenters. The number of nitrogens with one attached hydrogen (secondary N) is 2. The fourth-order valence-corrected chi connectivity index (χ4v) is 3.65. The van der Waals surface area contributed by atoms with E-state index < -0.39 is 0 Å². The van der Waals surface area contributed by atoms with Gasteiger partial charge in [0.15, 0.2) is 0 Å². The molecule has 0 aromatic heterocycles. The molecule has 2 rings (SSSR count). The van der Waals surface area contributed by atoms with Crippen LogP contribution in [0.5, 0.6) is 0 Å². The maximum absolute atomic E-state index is 4.47. The Balaban J connectivity index is 2.55. The van der Waals surface area contributed by atoms with Crippen molar-refractivity contribution in [2.75, 3.05) is 5.32 Å². The number of para-hydroxylation sites is 1. The van der Waals surface area contributed by atoms with Crippen molar-refractivity contribution in [2.24, 2.45) is 5.92 Å². The lowest BCUT2D eigenvalue weighted by molar-refractivity contribution is 0.316. The number of rotatable bonds is 4. The Hall–Kier alpha value is -1.28. The van der Waals surface area contributed by atoms with Crippen LogP contribution in [0.2, 0.25) is 0 Å². The second-order valence-electron chi connectivity index (χ2n) is 6.45. The van der Waals surface area contributed by atoms with Crippen molar-refractivity contribution < 1.29 is 0 Å². The molecule has 110 valence electrons. The largest absolute Gasteiger partial charge is 0.366 e. The molecule has 1 aliphatic rings. The topological polar surface area (TPSA) is 24.1 Å². The first-order valence-corrected chi connectivity index (χ1v) is 7.74. The molecule has 0 bridgehead atoms. The summed E-state index contributed by atoms with van der Waals surface area (Å²) in [6.07, 6.45) is 1.23. The average molecular weight is 272 g/mol. The van der Waals surface area contributed by atoms with Gasteiger partial charge in [-0.2, -0.15) is 0 Å². The fourth-order valence-electron chi connectivity index (χ4n) is 3.65. The Morgan fingerprint density at radius 1 is 1.25 bits per heavy atom. The van der Waals surface area contributed by atoms with E-state index in [0.717, 1.165) is 6.42 Å². The van der Waals surface area contributed by atoms with Gasteiger partial charge in [-0.25, -0.2) is 0 Å². The van der Waals surface area contributed by atoms with Crippen molar-refractivity contribution in [2.45, 2.75) is 58.7 Å². The summed E-state index contributed by atoms with van der Waals surface area (Å²) < 4.78 is 0. The van der Waals surface area contributed by atoms with Gasteiger partial charge in [-0.3, -0.25) is 5.32 Å². The first-order valence-electron chi connectivity index (χ1n) is 7.74. The lowest BCUT2D eigenvalue weighted by atomic mass is 9.62. The molecule has 0 spiro atoms. The first-order chi connectivity index (χ1) is 9.43. The van der Waals surface area contributed by atoms with Gasteiger partial charge < -0.3 is 5.32 Å². The van der Waals surface area contributed by atoms with E-state index in [2.05, 4.69) is 76.1 Å². The van der Waals surface area contributed by atoms with Crippen molar-refractivity contribution >= 4 is 5.69 Å². The summed E-state index contributed by atoms with van der Waals surface area (Å²) in [5.74, 6) is 0.528. The molecule has 0 saturated heterocycles. The predicted molar refractivity (Wildman–Crippen MR) is 88.1 cm³/mol. The van der Waals surface area contributed by atoms with Gasteiger partial charge in [-0.1, -0.05) is 45.5 Å². The Morgan fingerprint density at radius 3 is 2.45 bits per heavy atom. The van der Waals surface area contributed by atoms with Crippen LogP contribution in [0.15, 0.2) is 36.4 Å². The zero-order chi connectivity index (χ0) is 14.9. The van der Waals surface area contributed by atoms with E-state index in [9.17, 15) is 0 Å². The van der Waals surface area contributed by atoms with E-state index in [4.69, 9.17) is 0 Å². The number of hydrogen-bond acceptors (Lipinski definition) is 2. The molecule has 20 heavy (non-hydrogen) atoms. The normalized spacial score (nSPS) is 25.8. The van der Waals surface area contributed by atoms with Crippen LogP contribution in [0.3, 0.4) is 0 Å². The first kappa shape index (κ1) is 15.1. The van der Waals surface area contributed by atoms with Gasteiger partial charge in [-0.05, 0) is 43.4 Å². The minimum Gasteiger partial charge on any atom is -0.366 e. The summed E-state index contributed by atoms with van der Waals surface area (Å²) in [5.41, 5.74) is 3.95. The van der Waals surface area contributed by atoms with Crippen molar-refractivity contribution in [3.8, 4) is 0 Å². The summed E-state index contributed by atoms with van der Waals surface area (Å²) in [5, 5.41) is 7.22. The lowest BCUT2D eigenvalue weighted by Crippen LogP contribution is -2.52. The molecule has 0 saturated carbocycles. The third-order valence-electron chi connectivity index (χ3n) is 4.67. The molecule has 2 heteroatoms. The second-order valence-corrected chi connectivity index (χ2v) is 6.45. The molecule has 1 aromatic carbocycles. The monoisotopic (exact) mass is 272 g/mol. The highest BCUT2D eigenvalue weighted by molar-refractivity contribution is 5.63. The van der Waals surface area contributed by atoms with E-state index in [1.54, 1.807) is 0 Å². The highest BCUT2D eigenvalue weighted by atomic mass is 15.2. The molecule has 2 nitrogen and oxygen atoms in total. The molecule has 2 N–H and O–H groups in total. The Labute approximate surface area is 123 Å². The zero-order valence-electron chi connectivity index (χ0n) is 13.5. The summed E-state index contributed by atoms with van der Waals surface area (Å²) >= 11 is 0. The van der Waals surface area contributed by atoms with Gasteiger partial charge in [0.25, 0.3) is 0 Å². The van der Waals surface area contributed by atoms with Crippen molar-refractivity contribution in [1.82, 2.24) is 5.32 Å². The molecular weight excluding hydrogens is 244 g/mol. The van der Waals surface area contributed by atoms with Gasteiger partial charge in [-0.15, -0.1) is 0 Å². The standard InChI is InChI=1S/C18H28N2/c1-7-18(12(2)3)14(6)17(19-13(4)5)20-16-11-9-8-10-15(16)18/h8-13,17,19-20H,6-7H2,1-5H3. The number of hydrogen-bond donors (Lipinski definition) is 2. The summed E-state index contributed by atoms with van der Waals surface area (Å²) in [6.45, 7) is 15.7. The van der Waals surface area contributed by atoms with Crippen LogP contribution in [0.1, 0.15) is 46.6 Å². The van der Waals surface area contributed by atoms with Crippen LogP contribution in [0.25, 0.3) is 0 Å². The second kappa shape index (κ2) is 5.61. The van der Waals surface area contributed by atoms with E-state index in [1.807, 2.05) is 0 Å². The predicted octanol–water partition coefficient (Wildman–Crippen LogP) is 4.30. The third-order valence-corrected chi connectivity index (χ3v) is 4.67. The van der Waals surface area contributed by atoms with Gasteiger partial charge in [0.2, 0.25) is 0 Å². The molecule has 0 radical (unpaired) electrons. The number of benzene rings is 1. The maximum Gasteiger partial charge on any atom is 0.0999 e. The molecular formula is C18H28N2. The average Bonchev–Trinajstić information content (AvgIpc) is 2.39. The van der Waals surface area contributed by atoms with Crippen molar-refractivity contribution in [1.29, 1.82) is 0 Å². The molecule has 1 aliphatic heterocycles. The fraction of sp³-hybridized carbons (Fsp3) is 0.556. The van der Waals surface area contributed by atoms with Crippen molar-refractivity contribution in [3.05, 3.63) is 42.0 Å². The van der Waals surface area contributed by atoms with Gasteiger partial charge in [0.1, 0.15) is 0 Å². The Bertz CT molecular complexity index is 490. The summed E-state index contributed by atoms with van der Waals surface area (Å²) in [4.78, 5) is 0. The zero-order valence-corrected chi connectivity index (χ0v) is 13.5. The minimum absolute atomic E-state index is 0.0500. The highest BCUT2D eigenvalue weighted by Gasteiger charge is 2.44. The molecule has 2 atom stereocenters. The van der Waals surface area contributed by atoms with Crippen LogP contribution in [0.4, 0.5) is 5.69 Å². The highest BCUT2D eigenvalue weighted by Crippen LogP contribution is 2.48. The molecule has 0 fully saturated rings. The van der Waals surface area contributed by atoms with Crippen molar-refractivity contribution in [3.63, 3.8) is 0 Å². The van der Waals surface area contributed by atoms with Gasteiger partial charge in [0.05, 0.1) is 6.17 Å². The van der Waals surface area contributed by atoms with E-state index in [-0.39, 0.29) is 11.6 Å². The lowest BCUT2D eigenvalue weighted by Gasteiger charge is -2.48. The smallest absolute Gasteiger partial charge is 0.0999 e. The molecule has 0 aliphatic carbocycles. The van der Waals surface area contributed by atoms with E-state index >= 15 is 0 Å². The third kappa shape index (κ3) is 2.26. The van der Waals surface area contributed by atoms with Crippen LogP contribution in [-0.2, 0) is 5.41 Å². The Morgan fingerprint density at radius 2 is 1.90 bits per heavy atom. The Kier molecular flexibility index (Phi) is 4.24. The van der Waals surface area contributed by atoms with Crippen LogP contribution in [0, 0.1) is 5.92 Å². The van der Waals surface area contributed by atoms with Crippen LogP contribution >= 0.6 is 0 Å². The van der Waals surface area contributed by atoms with Crippen LogP contribution in [-0.4, -0.2) is 12.2 Å². The van der Waals surface area contributed by atoms with E-state index in [1.165, 1.54) is 16.8 Å². The quantitative estimate of drug-likeness (QED) is 0.799.